The fraction of sp³-hybridized carbons (Fsp3) is 0.296. The van der Waals surface area contributed by atoms with Crippen LogP contribution in [0.15, 0.2) is 71.7 Å². The Morgan fingerprint density at radius 3 is 2.88 bits per heavy atom. The predicted octanol–water partition coefficient (Wildman–Crippen LogP) is 5.55. The van der Waals surface area contributed by atoms with Crippen molar-refractivity contribution in [2.45, 2.75) is 32.5 Å². The van der Waals surface area contributed by atoms with E-state index < -0.39 is 12.2 Å². The summed E-state index contributed by atoms with van der Waals surface area (Å²) >= 11 is 6.56. The Morgan fingerprint density at radius 1 is 1.27 bits per heavy atom. The molecule has 0 aliphatic carbocycles. The van der Waals surface area contributed by atoms with Gasteiger partial charge in [-0.2, -0.15) is 18.3 Å². The van der Waals surface area contributed by atoms with E-state index in [1.807, 2.05) is 26.0 Å². The molecule has 2 aliphatic heterocycles. The average Bonchev–Trinajstić information content (AvgIpc) is 2.96. The number of benzene rings is 1. The largest absolute Gasteiger partial charge is 0.456 e. The SMILES string of the molecule is C/C=N\N1C=CC(Oc2ccc(Nc3ncnc4cnc(N5CCNC(C(F)(F)F)C5)nc34)cc2Cl)=C/C1=C/CC. The van der Waals surface area contributed by atoms with Crippen molar-refractivity contribution in [2.24, 2.45) is 5.10 Å². The first-order chi connectivity index (χ1) is 19.7. The Hall–Kier alpha value is -4.23. The van der Waals surface area contributed by atoms with Crippen LogP contribution in [-0.4, -0.2) is 63.0 Å². The third kappa shape index (κ3) is 6.57. The average molecular weight is 586 g/mol. The molecule has 0 bridgehead atoms. The van der Waals surface area contributed by atoms with E-state index in [1.54, 1.807) is 41.7 Å². The van der Waals surface area contributed by atoms with Crippen LogP contribution in [0.3, 0.4) is 0 Å². The van der Waals surface area contributed by atoms with Crippen molar-refractivity contribution in [3.8, 4) is 5.75 Å². The molecule has 214 valence electrons. The first-order valence-corrected chi connectivity index (χ1v) is 13.3. The molecule has 1 aromatic carbocycles. The normalized spacial score (nSPS) is 18.8. The zero-order chi connectivity index (χ0) is 29.0. The van der Waals surface area contributed by atoms with Gasteiger partial charge in [0.1, 0.15) is 34.9 Å². The second-order valence-electron chi connectivity index (χ2n) is 9.11. The fourth-order valence-corrected chi connectivity index (χ4v) is 4.53. The number of hydrogen-bond acceptors (Lipinski definition) is 10. The van der Waals surface area contributed by atoms with Crippen LogP contribution in [0, 0.1) is 0 Å². The molecule has 10 nitrogen and oxygen atoms in total. The van der Waals surface area contributed by atoms with E-state index in [1.165, 1.54) is 17.4 Å². The van der Waals surface area contributed by atoms with Crippen LogP contribution in [0.5, 0.6) is 5.75 Å². The van der Waals surface area contributed by atoms with E-state index in [-0.39, 0.29) is 19.0 Å². The summed E-state index contributed by atoms with van der Waals surface area (Å²) in [4.78, 5) is 18.7. The molecule has 1 unspecified atom stereocenters. The first kappa shape index (κ1) is 28.3. The van der Waals surface area contributed by atoms with E-state index in [0.717, 1.165) is 12.1 Å². The molecule has 5 rings (SSSR count). The Morgan fingerprint density at radius 2 is 2.12 bits per heavy atom. The number of anilines is 3. The number of hydrogen-bond donors (Lipinski definition) is 2. The summed E-state index contributed by atoms with van der Waals surface area (Å²) in [7, 11) is 0. The number of hydrazone groups is 1. The van der Waals surface area contributed by atoms with Gasteiger partial charge >= 0.3 is 6.18 Å². The Balaban J connectivity index is 1.35. The zero-order valence-electron chi connectivity index (χ0n) is 22.2. The molecule has 41 heavy (non-hydrogen) atoms. The second-order valence-corrected chi connectivity index (χ2v) is 9.52. The van der Waals surface area contributed by atoms with E-state index >= 15 is 0 Å². The van der Waals surface area contributed by atoms with Crippen molar-refractivity contribution in [1.29, 1.82) is 0 Å². The molecule has 1 saturated heterocycles. The van der Waals surface area contributed by atoms with Crippen molar-refractivity contribution < 1.29 is 17.9 Å². The zero-order valence-corrected chi connectivity index (χ0v) is 23.0. The molecular formula is C27H27ClF3N9O. The molecule has 2 N–H and O–H groups in total. The minimum absolute atomic E-state index is 0.155. The van der Waals surface area contributed by atoms with Gasteiger partial charge in [-0.3, -0.25) is 0 Å². The number of piperazine rings is 1. The van der Waals surface area contributed by atoms with Gasteiger partial charge in [0.25, 0.3) is 0 Å². The van der Waals surface area contributed by atoms with Gasteiger partial charge in [-0.05, 0) is 37.6 Å². The molecular weight excluding hydrogens is 559 g/mol. The van der Waals surface area contributed by atoms with Gasteiger partial charge in [0.15, 0.2) is 5.82 Å². The van der Waals surface area contributed by atoms with Crippen LogP contribution < -0.4 is 20.3 Å². The summed E-state index contributed by atoms with van der Waals surface area (Å²) in [5.74, 6) is 1.57. The number of fused-ring (bicyclic) bond motifs is 1. The summed E-state index contributed by atoms with van der Waals surface area (Å²) in [6, 6.07) is 3.51. The topological polar surface area (TPSA) is 104 Å². The standard InChI is InChI=1S/C27H27ClF3N9O/c1-3-5-18-13-19(8-10-40(18)36-4-2)41-22-7-6-17(12-20(22)28)37-25-24-21(34-16-35-25)14-33-26(38-24)39-11-9-32-23(15-39)27(29,30)31/h4-8,10,12-14,16,23,32H,3,9,11,15H2,1-2H3,(H,34,35,37)/b18-5-,36-4-. The van der Waals surface area contributed by atoms with Gasteiger partial charge in [-0.1, -0.05) is 24.6 Å². The summed E-state index contributed by atoms with van der Waals surface area (Å²) in [6.45, 7) is 4.07. The van der Waals surface area contributed by atoms with Crippen LogP contribution in [0.2, 0.25) is 5.02 Å². The van der Waals surface area contributed by atoms with E-state index in [4.69, 9.17) is 16.3 Å². The van der Waals surface area contributed by atoms with Crippen molar-refractivity contribution in [2.75, 3.05) is 29.9 Å². The first-order valence-electron chi connectivity index (χ1n) is 12.9. The van der Waals surface area contributed by atoms with Crippen molar-refractivity contribution >= 4 is 46.3 Å². The highest BCUT2D eigenvalue weighted by atomic mass is 35.5. The number of nitrogens with one attached hydrogen (secondary N) is 2. The molecule has 0 spiro atoms. The lowest BCUT2D eigenvalue weighted by molar-refractivity contribution is -0.155. The van der Waals surface area contributed by atoms with Gasteiger partial charge in [-0.25, -0.2) is 24.9 Å². The van der Waals surface area contributed by atoms with E-state index in [2.05, 4.69) is 35.7 Å². The maximum atomic E-state index is 13.3. The van der Waals surface area contributed by atoms with Crippen LogP contribution in [0.1, 0.15) is 20.3 Å². The Kier molecular flexibility index (Phi) is 8.36. The van der Waals surface area contributed by atoms with Crippen LogP contribution in [0.25, 0.3) is 11.0 Å². The van der Waals surface area contributed by atoms with Crippen molar-refractivity contribution in [3.05, 3.63) is 71.6 Å². The smallest absolute Gasteiger partial charge is 0.405 e. The van der Waals surface area contributed by atoms with Gasteiger partial charge in [0.05, 0.1) is 16.9 Å². The highest BCUT2D eigenvalue weighted by molar-refractivity contribution is 6.32. The number of nitrogens with zero attached hydrogens (tertiary/aromatic N) is 7. The summed E-state index contributed by atoms with van der Waals surface area (Å²) in [5.41, 5.74) is 2.28. The monoisotopic (exact) mass is 585 g/mol. The highest BCUT2D eigenvalue weighted by Gasteiger charge is 2.42. The number of rotatable bonds is 7. The van der Waals surface area contributed by atoms with E-state index in [9.17, 15) is 13.2 Å². The van der Waals surface area contributed by atoms with Gasteiger partial charge in [-0.15, -0.1) is 0 Å². The number of alkyl halides is 3. The third-order valence-electron chi connectivity index (χ3n) is 6.23. The predicted molar refractivity (Wildman–Crippen MR) is 152 cm³/mol. The van der Waals surface area contributed by atoms with Gasteiger partial charge in [0, 0.05) is 43.8 Å². The lowest BCUT2D eigenvalue weighted by atomic mass is 10.2. The maximum absolute atomic E-state index is 13.3. The minimum atomic E-state index is -4.37. The molecule has 14 heteroatoms. The van der Waals surface area contributed by atoms with E-state index in [0.29, 0.717) is 45.6 Å². The van der Waals surface area contributed by atoms with Crippen LogP contribution in [-0.2, 0) is 0 Å². The maximum Gasteiger partial charge on any atom is 0.405 e. The lowest BCUT2D eigenvalue weighted by Gasteiger charge is -2.34. The molecule has 2 aromatic heterocycles. The number of ether oxygens (including phenoxy) is 1. The highest BCUT2D eigenvalue weighted by Crippen LogP contribution is 2.33. The fourth-order valence-electron chi connectivity index (χ4n) is 4.31. The van der Waals surface area contributed by atoms with Gasteiger partial charge in [0.2, 0.25) is 5.95 Å². The number of aromatic nitrogens is 4. The number of allylic oxidation sites excluding steroid dienone is 3. The molecule has 0 saturated carbocycles. The molecule has 1 atom stereocenters. The van der Waals surface area contributed by atoms with Gasteiger partial charge < -0.3 is 20.3 Å². The quantitative estimate of drug-likeness (QED) is 0.345. The summed E-state index contributed by atoms with van der Waals surface area (Å²) in [5, 5.41) is 12.1. The molecule has 0 amide bonds. The molecule has 1 fully saturated rings. The van der Waals surface area contributed by atoms with Crippen LogP contribution >= 0.6 is 11.6 Å². The lowest BCUT2D eigenvalue weighted by Crippen LogP contribution is -2.57. The summed E-state index contributed by atoms with van der Waals surface area (Å²) < 4.78 is 45.9. The minimum Gasteiger partial charge on any atom is -0.456 e. The van der Waals surface area contributed by atoms with Crippen molar-refractivity contribution in [3.63, 3.8) is 0 Å². The molecule has 3 aromatic rings. The second kappa shape index (κ2) is 12.1. The molecule has 0 radical (unpaired) electrons. The Labute approximate surface area is 239 Å². The Bertz CT molecular complexity index is 1540. The van der Waals surface area contributed by atoms with Crippen LogP contribution in [0.4, 0.5) is 30.6 Å². The third-order valence-corrected chi connectivity index (χ3v) is 6.52. The molecule has 4 heterocycles. The van der Waals surface area contributed by atoms with Crippen molar-refractivity contribution in [1.82, 2.24) is 30.3 Å². The summed E-state index contributed by atoms with van der Waals surface area (Å²) in [6.07, 6.45) is 8.50. The number of halogens is 4. The molecule has 2 aliphatic rings.